The minimum atomic E-state index is -0.184. The zero-order valence-electron chi connectivity index (χ0n) is 16.8. The van der Waals surface area contributed by atoms with Crippen molar-refractivity contribution in [2.24, 2.45) is 11.8 Å². The zero-order chi connectivity index (χ0) is 20.2. The molecule has 1 aromatic carbocycles. The fourth-order valence-corrected chi connectivity index (χ4v) is 6.63. The van der Waals surface area contributed by atoms with Gasteiger partial charge < -0.3 is 5.32 Å². The largest absolute Gasteiger partial charge is 0.346 e. The predicted octanol–water partition coefficient (Wildman–Crippen LogP) is 2.40. The van der Waals surface area contributed by atoms with E-state index in [9.17, 15) is 4.79 Å². The van der Waals surface area contributed by atoms with Crippen LogP contribution in [-0.4, -0.2) is 41.4 Å². The molecule has 0 saturated heterocycles. The lowest BCUT2D eigenvalue weighted by Gasteiger charge is -2.61. The summed E-state index contributed by atoms with van der Waals surface area (Å²) >= 11 is 0. The van der Waals surface area contributed by atoms with E-state index in [2.05, 4.69) is 38.0 Å². The Morgan fingerprint density at radius 2 is 1.90 bits per heavy atom. The van der Waals surface area contributed by atoms with Crippen LogP contribution in [0.4, 0.5) is 0 Å². The number of rotatable bonds is 5. The fraction of sp³-hybridized carbons (Fsp3) is 0.500. The molecule has 2 heterocycles. The number of benzene rings is 1. The number of amides is 1. The van der Waals surface area contributed by atoms with Gasteiger partial charge in [-0.05, 0) is 61.1 Å². The molecule has 4 bridgehead atoms. The van der Waals surface area contributed by atoms with Gasteiger partial charge >= 0.3 is 0 Å². The molecule has 7 rings (SSSR count). The summed E-state index contributed by atoms with van der Waals surface area (Å²) in [5, 5.41) is 20.4. The van der Waals surface area contributed by atoms with Crippen LogP contribution in [0.2, 0.25) is 0 Å². The Morgan fingerprint density at radius 1 is 1.10 bits per heavy atom. The van der Waals surface area contributed by atoms with Gasteiger partial charge in [-0.25, -0.2) is 0 Å². The van der Waals surface area contributed by atoms with Crippen LogP contribution in [0.25, 0.3) is 0 Å². The van der Waals surface area contributed by atoms with Crippen LogP contribution >= 0.6 is 0 Å². The maximum Gasteiger partial charge on any atom is 0.254 e. The van der Waals surface area contributed by atoms with E-state index in [0.717, 1.165) is 37.7 Å². The molecule has 4 fully saturated rings. The maximum atomic E-state index is 13.2. The fourth-order valence-electron chi connectivity index (χ4n) is 6.63. The Morgan fingerprint density at radius 3 is 2.63 bits per heavy atom. The van der Waals surface area contributed by atoms with E-state index in [1.54, 1.807) is 6.20 Å². The Balaban J connectivity index is 1.22. The molecule has 0 radical (unpaired) electrons. The van der Waals surface area contributed by atoms with Gasteiger partial charge in [0.1, 0.15) is 0 Å². The lowest BCUT2D eigenvalue weighted by Crippen LogP contribution is -2.66. The smallest absolute Gasteiger partial charge is 0.254 e. The molecule has 4 saturated carbocycles. The van der Waals surface area contributed by atoms with E-state index >= 15 is 0 Å². The van der Waals surface area contributed by atoms with E-state index in [1.807, 2.05) is 33.9 Å². The second kappa shape index (κ2) is 6.48. The minimum absolute atomic E-state index is 0.0297. The summed E-state index contributed by atoms with van der Waals surface area (Å²) in [5.41, 5.74) is 1.49. The van der Waals surface area contributed by atoms with Gasteiger partial charge in [0.25, 0.3) is 5.91 Å². The van der Waals surface area contributed by atoms with Crippen LogP contribution in [-0.2, 0) is 12.1 Å². The predicted molar refractivity (Wildman–Crippen MR) is 108 cm³/mol. The molecular weight excluding hydrogens is 378 g/mol. The lowest BCUT2D eigenvalue weighted by molar-refractivity contribution is -0.0810. The molecule has 1 amide bonds. The van der Waals surface area contributed by atoms with Crippen molar-refractivity contribution in [2.45, 2.75) is 56.1 Å². The molecule has 154 valence electrons. The van der Waals surface area contributed by atoms with Gasteiger partial charge in [0, 0.05) is 11.7 Å². The topological polar surface area (TPSA) is 90.5 Å². The van der Waals surface area contributed by atoms with Crippen molar-refractivity contribution >= 4 is 5.91 Å². The quantitative estimate of drug-likeness (QED) is 0.706. The first kappa shape index (κ1) is 17.8. The molecule has 1 N–H and O–H groups in total. The number of hydrogen-bond acceptors (Lipinski definition) is 5. The highest BCUT2D eigenvalue weighted by Gasteiger charge is 2.60. The summed E-state index contributed by atoms with van der Waals surface area (Å²) in [6.07, 6.45) is 11.4. The molecule has 0 spiro atoms. The summed E-state index contributed by atoms with van der Waals surface area (Å²) in [7, 11) is 0. The standard InChI is InChI=1S/C22H25N7O/c30-20(19-11-24-28(13-19)12-16-4-2-1-3-5-16)26-21-7-17-6-18(8-21)10-22(9-17,14-21)29-25-15-23-27-29/h1-5,11,13,15,17-18H,6-10,12,14H2,(H,26,30). The Labute approximate surface area is 174 Å². The SMILES string of the molecule is O=C(NC12CC3CC(C1)CC(n1ncnn1)(C3)C2)c1cnn(Cc2ccccc2)c1. The third-order valence-corrected chi connectivity index (χ3v) is 7.27. The second-order valence-corrected chi connectivity index (χ2v) is 9.56. The van der Waals surface area contributed by atoms with Gasteiger partial charge in [-0.2, -0.15) is 9.90 Å². The van der Waals surface area contributed by atoms with Gasteiger partial charge in [-0.15, -0.1) is 10.2 Å². The summed E-state index contributed by atoms with van der Waals surface area (Å²) in [5.74, 6) is 1.19. The zero-order valence-corrected chi connectivity index (χ0v) is 16.8. The lowest BCUT2D eigenvalue weighted by atomic mass is 9.50. The molecule has 2 unspecified atom stereocenters. The first-order chi connectivity index (χ1) is 14.6. The van der Waals surface area contributed by atoms with Crippen molar-refractivity contribution in [1.82, 2.24) is 35.3 Å². The van der Waals surface area contributed by atoms with Gasteiger partial charge in [0.05, 0.1) is 23.8 Å². The molecule has 30 heavy (non-hydrogen) atoms. The van der Waals surface area contributed by atoms with Crippen molar-refractivity contribution in [3.05, 3.63) is 60.2 Å². The number of aromatic nitrogens is 6. The number of nitrogens with zero attached hydrogens (tertiary/aromatic N) is 6. The van der Waals surface area contributed by atoms with E-state index in [0.29, 0.717) is 23.9 Å². The highest BCUT2D eigenvalue weighted by Crippen LogP contribution is 2.60. The minimum Gasteiger partial charge on any atom is -0.346 e. The molecule has 4 aliphatic rings. The number of carbonyl (C=O) groups excluding carboxylic acids is 1. The van der Waals surface area contributed by atoms with Crippen LogP contribution in [0.5, 0.6) is 0 Å². The maximum absolute atomic E-state index is 13.2. The van der Waals surface area contributed by atoms with Crippen molar-refractivity contribution in [3.8, 4) is 0 Å². The highest BCUT2D eigenvalue weighted by molar-refractivity contribution is 5.94. The van der Waals surface area contributed by atoms with E-state index in [4.69, 9.17) is 0 Å². The number of carbonyl (C=O) groups is 1. The van der Waals surface area contributed by atoms with Crippen molar-refractivity contribution < 1.29 is 4.79 Å². The normalized spacial score (nSPS) is 31.7. The van der Waals surface area contributed by atoms with Gasteiger partial charge in [-0.3, -0.25) is 9.48 Å². The van der Waals surface area contributed by atoms with Crippen LogP contribution < -0.4 is 5.32 Å². The molecular formula is C22H25N7O. The monoisotopic (exact) mass is 403 g/mol. The summed E-state index contributed by atoms with van der Waals surface area (Å²) < 4.78 is 1.82. The van der Waals surface area contributed by atoms with E-state index in [-0.39, 0.29) is 17.0 Å². The second-order valence-electron chi connectivity index (χ2n) is 9.56. The average molecular weight is 403 g/mol. The number of tetrazole rings is 1. The van der Waals surface area contributed by atoms with E-state index < -0.39 is 0 Å². The number of nitrogens with one attached hydrogen (secondary N) is 1. The van der Waals surface area contributed by atoms with Crippen LogP contribution in [0.3, 0.4) is 0 Å². The molecule has 4 aliphatic carbocycles. The molecule has 2 atom stereocenters. The first-order valence-corrected chi connectivity index (χ1v) is 10.7. The van der Waals surface area contributed by atoms with Gasteiger partial charge in [0.15, 0.2) is 6.33 Å². The first-order valence-electron chi connectivity index (χ1n) is 10.7. The van der Waals surface area contributed by atoms with Gasteiger partial charge in [0.2, 0.25) is 0 Å². The Hall–Kier alpha value is -3.03. The summed E-state index contributed by atoms with van der Waals surface area (Å²) in [6.45, 7) is 0.657. The molecule has 8 heteroatoms. The third-order valence-electron chi connectivity index (χ3n) is 7.27. The highest BCUT2D eigenvalue weighted by atomic mass is 16.1. The Bertz CT molecular complexity index is 1040. The number of hydrogen-bond donors (Lipinski definition) is 1. The average Bonchev–Trinajstić information content (AvgIpc) is 3.40. The molecule has 8 nitrogen and oxygen atoms in total. The van der Waals surface area contributed by atoms with Crippen molar-refractivity contribution in [1.29, 1.82) is 0 Å². The van der Waals surface area contributed by atoms with Crippen LogP contribution in [0.1, 0.15) is 54.4 Å². The third kappa shape index (κ3) is 2.93. The Kier molecular flexibility index (Phi) is 3.85. The van der Waals surface area contributed by atoms with Crippen molar-refractivity contribution in [2.75, 3.05) is 0 Å². The summed E-state index contributed by atoms with van der Waals surface area (Å²) in [4.78, 5) is 15.0. The summed E-state index contributed by atoms with van der Waals surface area (Å²) in [6, 6.07) is 10.2. The van der Waals surface area contributed by atoms with Crippen molar-refractivity contribution in [3.63, 3.8) is 0 Å². The molecule has 2 aromatic heterocycles. The van der Waals surface area contributed by atoms with E-state index in [1.165, 1.54) is 12.7 Å². The molecule has 3 aromatic rings. The van der Waals surface area contributed by atoms with Gasteiger partial charge in [-0.1, -0.05) is 30.3 Å². The van der Waals surface area contributed by atoms with Crippen LogP contribution in [0.15, 0.2) is 49.1 Å². The van der Waals surface area contributed by atoms with Crippen LogP contribution in [0, 0.1) is 11.8 Å². The molecule has 0 aliphatic heterocycles.